The molecule has 2 N–H and O–H groups in total. The molecule has 1 aromatic rings. The van der Waals surface area contributed by atoms with Crippen LogP contribution in [0.1, 0.15) is 52.1 Å². The molecule has 0 aliphatic heterocycles. The summed E-state index contributed by atoms with van der Waals surface area (Å²) in [6, 6.07) is 4.83. The first-order valence-electron chi connectivity index (χ1n) is 7.33. The Kier molecular flexibility index (Phi) is 6.43. The van der Waals surface area contributed by atoms with E-state index in [1.807, 2.05) is 27.7 Å². The molecule has 0 spiro atoms. The zero-order valence-corrected chi connectivity index (χ0v) is 12.9. The van der Waals surface area contributed by atoms with Crippen molar-refractivity contribution in [3.63, 3.8) is 0 Å². The van der Waals surface area contributed by atoms with Crippen LogP contribution in [0, 0.1) is 5.82 Å². The lowest BCUT2D eigenvalue weighted by Gasteiger charge is -2.25. The maximum Gasteiger partial charge on any atom is 0.131 e. The maximum absolute atomic E-state index is 14.0. The normalized spacial score (nSPS) is 13.3. The monoisotopic (exact) mass is 283 g/mol. The van der Waals surface area contributed by atoms with Crippen LogP contribution in [0.2, 0.25) is 0 Å². The molecule has 0 aliphatic rings. The van der Waals surface area contributed by atoms with Crippen LogP contribution in [0.15, 0.2) is 18.2 Å². The Morgan fingerprint density at radius 1 is 1.30 bits per heavy atom. The minimum absolute atomic E-state index is 0.0303. The van der Waals surface area contributed by atoms with E-state index in [0.29, 0.717) is 24.2 Å². The highest BCUT2D eigenvalue weighted by Crippen LogP contribution is 2.23. The number of rotatable bonds is 8. The summed E-state index contributed by atoms with van der Waals surface area (Å²) < 4.78 is 19.5. The van der Waals surface area contributed by atoms with Crippen molar-refractivity contribution in [2.24, 2.45) is 0 Å². The first kappa shape index (κ1) is 16.9. The van der Waals surface area contributed by atoms with E-state index in [0.717, 1.165) is 6.54 Å². The molecule has 0 aromatic heterocycles. The summed E-state index contributed by atoms with van der Waals surface area (Å²) in [4.78, 5) is 0. The van der Waals surface area contributed by atoms with Crippen LogP contribution < -0.4 is 10.1 Å². The van der Waals surface area contributed by atoms with E-state index in [1.165, 1.54) is 6.07 Å². The molecule has 0 radical (unpaired) electrons. The highest BCUT2D eigenvalue weighted by atomic mass is 19.1. The zero-order chi connectivity index (χ0) is 15.2. The molecule has 0 fully saturated rings. The largest absolute Gasteiger partial charge is 0.490 e. The van der Waals surface area contributed by atoms with E-state index in [1.54, 1.807) is 12.1 Å². The van der Waals surface area contributed by atoms with Gasteiger partial charge in [-0.15, -0.1) is 0 Å². The number of ether oxygens (including phenoxy) is 1. The molecular weight excluding hydrogens is 257 g/mol. The van der Waals surface area contributed by atoms with Crippen molar-refractivity contribution in [2.45, 2.75) is 52.2 Å². The Morgan fingerprint density at radius 2 is 1.95 bits per heavy atom. The van der Waals surface area contributed by atoms with Crippen molar-refractivity contribution in [3.8, 4) is 5.75 Å². The molecule has 1 rings (SSSR count). The molecule has 0 saturated heterocycles. The molecule has 1 atom stereocenters. The van der Waals surface area contributed by atoms with Gasteiger partial charge in [0.2, 0.25) is 0 Å². The summed E-state index contributed by atoms with van der Waals surface area (Å²) in [7, 11) is 0. The molecule has 0 aliphatic carbocycles. The van der Waals surface area contributed by atoms with Gasteiger partial charge in [-0.3, -0.25) is 0 Å². The molecule has 114 valence electrons. The van der Waals surface area contributed by atoms with Crippen molar-refractivity contribution in [1.82, 2.24) is 5.32 Å². The summed E-state index contributed by atoms with van der Waals surface area (Å²) in [5.74, 6) is 0.169. The average molecular weight is 283 g/mol. The van der Waals surface area contributed by atoms with Gasteiger partial charge in [0.05, 0.1) is 5.60 Å². The van der Waals surface area contributed by atoms with E-state index in [-0.39, 0.29) is 18.5 Å². The number of aliphatic hydroxyl groups is 1. The van der Waals surface area contributed by atoms with Crippen LogP contribution in [0.4, 0.5) is 4.39 Å². The molecule has 0 amide bonds. The summed E-state index contributed by atoms with van der Waals surface area (Å²) >= 11 is 0. The van der Waals surface area contributed by atoms with Crippen molar-refractivity contribution >= 4 is 0 Å². The molecule has 1 unspecified atom stereocenters. The summed E-state index contributed by atoms with van der Waals surface area (Å²) in [6.45, 7) is 8.71. The van der Waals surface area contributed by atoms with E-state index in [4.69, 9.17) is 4.74 Å². The van der Waals surface area contributed by atoms with Crippen LogP contribution in [0.5, 0.6) is 5.75 Å². The zero-order valence-electron chi connectivity index (χ0n) is 12.9. The third-order valence-corrected chi connectivity index (χ3v) is 3.77. The molecule has 4 heteroatoms. The van der Waals surface area contributed by atoms with Gasteiger partial charge in [-0.05, 0) is 32.4 Å². The van der Waals surface area contributed by atoms with Crippen molar-refractivity contribution in [1.29, 1.82) is 0 Å². The maximum atomic E-state index is 14.0. The molecule has 3 nitrogen and oxygen atoms in total. The van der Waals surface area contributed by atoms with Crippen LogP contribution in [0.3, 0.4) is 0 Å². The van der Waals surface area contributed by atoms with Gasteiger partial charge in [-0.2, -0.15) is 0 Å². The Hall–Kier alpha value is -1.13. The fraction of sp³-hybridized carbons (Fsp3) is 0.625. The van der Waals surface area contributed by atoms with Crippen molar-refractivity contribution < 1.29 is 14.2 Å². The molecule has 0 heterocycles. The summed E-state index contributed by atoms with van der Waals surface area (Å²) in [5, 5.41) is 13.3. The third kappa shape index (κ3) is 4.46. The van der Waals surface area contributed by atoms with Crippen LogP contribution in [-0.2, 0) is 0 Å². The average Bonchev–Trinajstić information content (AvgIpc) is 2.45. The van der Waals surface area contributed by atoms with E-state index < -0.39 is 5.60 Å². The number of benzene rings is 1. The highest BCUT2D eigenvalue weighted by molar-refractivity contribution is 5.30. The van der Waals surface area contributed by atoms with Gasteiger partial charge < -0.3 is 15.2 Å². The lowest BCUT2D eigenvalue weighted by molar-refractivity contribution is -0.0114. The topological polar surface area (TPSA) is 41.5 Å². The molecule has 20 heavy (non-hydrogen) atoms. The predicted molar refractivity (Wildman–Crippen MR) is 79.5 cm³/mol. The second-order valence-corrected chi connectivity index (χ2v) is 5.18. The number of nitrogens with one attached hydrogen (secondary N) is 1. The van der Waals surface area contributed by atoms with Gasteiger partial charge in [0.25, 0.3) is 0 Å². The van der Waals surface area contributed by atoms with Crippen molar-refractivity contribution in [2.75, 3.05) is 13.2 Å². The second-order valence-electron chi connectivity index (χ2n) is 5.18. The molecule has 0 saturated carbocycles. The summed E-state index contributed by atoms with van der Waals surface area (Å²) in [5.41, 5.74) is -0.216. The van der Waals surface area contributed by atoms with E-state index >= 15 is 0 Å². The van der Waals surface area contributed by atoms with E-state index in [9.17, 15) is 9.50 Å². The van der Waals surface area contributed by atoms with Gasteiger partial charge in [0, 0.05) is 17.7 Å². The van der Waals surface area contributed by atoms with Crippen LogP contribution in [0.25, 0.3) is 0 Å². The first-order valence-corrected chi connectivity index (χ1v) is 7.33. The summed E-state index contributed by atoms with van der Waals surface area (Å²) in [6.07, 6.45) is 1.23. The van der Waals surface area contributed by atoms with Crippen LogP contribution >= 0.6 is 0 Å². The fourth-order valence-electron chi connectivity index (χ4n) is 2.04. The quantitative estimate of drug-likeness (QED) is 0.768. The SMILES string of the molecule is CCNC(C)c1ccc(OCC(O)(CC)CC)cc1F. The van der Waals surface area contributed by atoms with E-state index in [2.05, 4.69) is 5.32 Å². The lowest BCUT2D eigenvalue weighted by Crippen LogP contribution is -2.34. The second kappa shape index (κ2) is 7.60. The number of hydrogen-bond donors (Lipinski definition) is 2. The van der Waals surface area contributed by atoms with Gasteiger partial charge in [0.15, 0.2) is 0 Å². The Bertz CT molecular complexity index is 419. The van der Waals surface area contributed by atoms with Gasteiger partial charge >= 0.3 is 0 Å². The predicted octanol–water partition coefficient (Wildman–Crippen LogP) is 3.43. The van der Waals surface area contributed by atoms with Crippen LogP contribution in [-0.4, -0.2) is 23.9 Å². The molecular formula is C16H26FNO2. The minimum atomic E-state index is -0.841. The number of hydrogen-bond acceptors (Lipinski definition) is 3. The first-order chi connectivity index (χ1) is 9.45. The number of halogens is 1. The fourth-order valence-corrected chi connectivity index (χ4v) is 2.04. The Balaban J connectivity index is 2.73. The lowest BCUT2D eigenvalue weighted by atomic mass is 9.99. The third-order valence-electron chi connectivity index (χ3n) is 3.77. The Morgan fingerprint density at radius 3 is 2.45 bits per heavy atom. The molecule has 0 bridgehead atoms. The van der Waals surface area contributed by atoms with Crippen molar-refractivity contribution in [3.05, 3.63) is 29.6 Å². The molecule has 1 aromatic carbocycles. The van der Waals surface area contributed by atoms with Gasteiger partial charge in [-0.25, -0.2) is 4.39 Å². The smallest absolute Gasteiger partial charge is 0.131 e. The Labute approximate surface area is 121 Å². The minimum Gasteiger partial charge on any atom is -0.490 e. The van der Waals surface area contributed by atoms with Gasteiger partial charge in [0.1, 0.15) is 18.2 Å². The standard InChI is InChI=1S/C16H26FNO2/c1-5-16(19,6-2)11-20-13-8-9-14(15(17)10-13)12(4)18-7-3/h8-10,12,18-19H,5-7,11H2,1-4H3. The van der Waals surface area contributed by atoms with Gasteiger partial charge in [-0.1, -0.05) is 26.8 Å². The highest BCUT2D eigenvalue weighted by Gasteiger charge is 2.23.